The largest absolute Gasteiger partial charge is 0.481 e. The highest BCUT2D eigenvalue weighted by Gasteiger charge is 2.36. The number of carboxylic acid groups (broad SMARTS) is 1. The molecule has 0 bridgehead atoms. The predicted molar refractivity (Wildman–Crippen MR) is 138 cm³/mol. The lowest BCUT2D eigenvalue weighted by Crippen LogP contribution is -2.44. The molecule has 2 rings (SSSR count). The molecule has 0 amide bonds. The van der Waals surface area contributed by atoms with Crippen LogP contribution in [0.2, 0.25) is 0 Å². The molecule has 6 nitrogen and oxygen atoms in total. The maximum Gasteiger partial charge on any atom is 0.416 e. The van der Waals surface area contributed by atoms with E-state index in [1.807, 2.05) is 13.8 Å². The van der Waals surface area contributed by atoms with Crippen LogP contribution >= 0.6 is 0 Å². The molecular weight excluding hydrogens is 524 g/mol. The maximum absolute atomic E-state index is 13.5. The van der Waals surface area contributed by atoms with E-state index in [-0.39, 0.29) is 11.4 Å². The van der Waals surface area contributed by atoms with E-state index in [9.17, 15) is 35.9 Å². The molecule has 0 saturated heterocycles. The van der Waals surface area contributed by atoms with E-state index < -0.39 is 52.1 Å². The van der Waals surface area contributed by atoms with Crippen molar-refractivity contribution in [3.05, 3.63) is 65.5 Å². The van der Waals surface area contributed by atoms with Gasteiger partial charge in [0.05, 0.1) is 16.4 Å². The minimum Gasteiger partial charge on any atom is -0.481 e. The number of nitrogens with zero attached hydrogens (tertiary/aromatic N) is 1. The van der Waals surface area contributed by atoms with E-state index in [1.54, 1.807) is 0 Å². The van der Waals surface area contributed by atoms with E-state index in [1.165, 1.54) is 12.1 Å². The molecular formula is C27H36F4N2O4S. The molecule has 0 aromatic heterocycles. The molecule has 0 aliphatic heterocycles. The van der Waals surface area contributed by atoms with Gasteiger partial charge < -0.3 is 10.4 Å². The first-order valence-corrected chi connectivity index (χ1v) is 14.2. The monoisotopic (exact) mass is 560 g/mol. The summed E-state index contributed by atoms with van der Waals surface area (Å²) in [4.78, 5) is 12.3. The van der Waals surface area contributed by atoms with Gasteiger partial charge in [0.15, 0.2) is 0 Å². The number of hydrogen-bond acceptors (Lipinski definition) is 4. The Kier molecular flexibility index (Phi) is 12.2. The average molecular weight is 561 g/mol. The smallest absolute Gasteiger partial charge is 0.416 e. The molecule has 2 aromatic rings. The first-order chi connectivity index (χ1) is 17.9. The second-order valence-corrected chi connectivity index (χ2v) is 11.2. The van der Waals surface area contributed by atoms with E-state index in [2.05, 4.69) is 5.32 Å². The first kappa shape index (κ1) is 31.7. The molecule has 212 valence electrons. The molecule has 0 aliphatic rings. The van der Waals surface area contributed by atoms with Gasteiger partial charge in [-0.05, 0) is 61.3 Å². The summed E-state index contributed by atoms with van der Waals surface area (Å²) < 4.78 is 80.9. The topological polar surface area (TPSA) is 86.7 Å². The van der Waals surface area contributed by atoms with Crippen molar-refractivity contribution in [2.24, 2.45) is 5.92 Å². The summed E-state index contributed by atoms with van der Waals surface area (Å²) in [7, 11) is -4.17. The van der Waals surface area contributed by atoms with Crippen molar-refractivity contribution < 1.29 is 35.9 Å². The van der Waals surface area contributed by atoms with Crippen LogP contribution in [0, 0.1) is 11.7 Å². The van der Waals surface area contributed by atoms with Crippen LogP contribution in [0.25, 0.3) is 0 Å². The zero-order valence-corrected chi connectivity index (χ0v) is 22.5. The number of nitrogens with one attached hydrogen (secondary N) is 1. The fraction of sp³-hybridized carbons (Fsp3) is 0.519. The van der Waals surface area contributed by atoms with Crippen molar-refractivity contribution >= 4 is 16.0 Å². The number of aliphatic carboxylic acids is 1. The molecule has 0 heterocycles. The highest BCUT2D eigenvalue weighted by atomic mass is 32.2. The molecule has 2 unspecified atom stereocenters. The third-order valence-electron chi connectivity index (χ3n) is 6.32. The van der Waals surface area contributed by atoms with Gasteiger partial charge in [-0.25, -0.2) is 12.8 Å². The van der Waals surface area contributed by atoms with Crippen LogP contribution in [0.4, 0.5) is 17.6 Å². The second kappa shape index (κ2) is 14.6. The van der Waals surface area contributed by atoms with Crippen LogP contribution < -0.4 is 5.32 Å². The third kappa shape index (κ3) is 9.06. The third-order valence-corrected chi connectivity index (χ3v) is 8.20. The SMILES string of the molecule is CCCCCNC(c1ccc(C(F)(F)F)cc1)C(CN(CCCCC)S(=O)(=O)c1ccc(F)cc1)C(=O)O. The number of hydrogen-bond donors (Lipinski definition) is 2. The van der Waals surface area contributed by atoms with Crippen molar-refractivity contribution in [1.82, 2.24) is 9.62 Å². The highest BCUT2D eigenvalue weighted by Crippen LogP contribution is 2.32. The number of carboxylic acids is 1. The van der Waals surface area contributed by atoms with Crippen LogP contribution in [-0.4, -0.2) is 43.4 Å². The van der Waals surface area contributed by atoms with Gasteiger partial charge in [0.2, 0.25) is 10.0 Å². The van der Waals surface area contributed by atoms with Crippen LogP contribution in [0.3, 0.4) is 0 Å². The van der Waals surface area contributed by atoms with Gasteiger partial charge in [0.25, 0.3) is 0 Å². The summed E-state index contributed by atoms with van der Waals surface area (Å²) in [6, 6.07) is 7.60. The summed E-state index contributed by atoms with van der Waals surface area (Å²) in [5.41, 5.74) is -0.549. The Morgan fingerprint density at radius 1 is 0.947 bits per heavy atom. The highest BCUT2D eigenvalue weighted by molar-refractivity contribution is 7.89. The Morgan fingerprint density at radius 2 is 1.53 bits per heavy atom. The fourth-order valence-corrected chi connectivity index (χ4v) is 5.66. The Morgan fingerprint density at radius 3 is 2.05 bits per heavy atom. The summed E-state index contributed by atoms with van der Waals surface area (Å²) in [6.07, 6.45) is -0.0479. The quantitative estimate of drug-likeness (QED) is 0.187. The summed E-state index contributed by atoms with van der Waals surface area (Å²) in [6.45, 7) is 3.99. The van der Waals surface area contributed by atoms with E-state index >= 15 is 0 Å². The van der Waals surface area contributed by atoms with Gasteiger partial charge in [-0.2, -0.15) is 17.5 Å². The van der Waals surface area contributed by atoms with Crippen LogP contribution in [-0.2, 0) is 21.0 Å². The lowest BCUT2D eigenvalue weighted by atomic mass is 9.91. The average Bonchev–Trinajstić information content (AvgIpc) is 2.86. The molecule has 2 atom stereocenters. The van der Waals surface area contributed by atoms with E-state index in [4.69, 9.17) is 0 Å². The predicted octanol–water partition coefficient (Wildman–Crippen LogP) is 6.25. The normalized spacial score (nSPS) is 14.0. The Balaban J connectivity index is 2.46. The standard InChI is InChI=1S/C27H36F4N2O4S/c1-3-5-7-17-32-25(20-9-11-21(12-10-20)27(29,30)31)24(26(34)35)19-33(18-8-6-4-2)38(36,37)23-15-13-22(28)14-16-23/h9-16,24-25,32H,3-8,17-19H2,1-2H3,(H,34,35). The zero-order valence-electron chi connectivity index (χ0n) is 21.7. The summed E-state index contributed by atoms with van der Waals surface area (Å²) in [5, 5.41) is 13.3. The number of sulfonamides is 1. The van der Waals surface area contributed by atoms with Gasteiger partial charge in [-0.1, -0.05) is 51.7 Å². The molecule has 11 heteroatoms. The number of benzene rings is 2. The maximum atomic E-state index is 13.5. The molecule has 0 fully saturated rings. The molecule has 0 saturated carbocycles. The van der Waals surface area contributed by atoms with Crippen LogP contribution in [0.15, 0.2) is 53.4 Å². The first-order valence-electron chi connectivity index (χ1n) is 12.8. The molecule has 0 spiro atoms. The van der Waals surface area contributed by atoms with Crippen molar-refractivity contribution in [1.29, 1.82) is 0 Å². The lowest BCUT2D eigenvalue weighted by molar-refractivity contribution is -0.143. The van der Waals surface area contributed by atoms with Crippen molar-refractivity contribution in [2.75, 3.05) is 19.6 Å². The number of rotatable bonds is 16. The van der Waals surface area contributed by atoms with E-state index in [0.29, 0.717) is 31.4 Å². The second-order valence-electron chi connectivity index (χ2n) is 9.23. The van der Waals surface area contributed by atoms with Crippen LogP contribution in [0.1, 0.15) is 69.5 Å². The number of unbranched alkanes of at least 4 members (excludes halogenated alkanes) is 4. The zero-order chi connectivity index (χ0) is 28.3. The number of halogens is 4. The van der Waals surface area contributed by atoms with Gasteiger partial charge >= 0.3 is 12.1 Å². The Hall–Kier alpha value is -2.50. The van der Waals surface area contributed by atoms with Gasteiger partial charge in [-0.15, -0.1) is 0 Å². The van der Waals surface area contributed by atoms with Crippen LogP contribution in [0.5, 0.6) is 0 Å². The van der Waals surface area contributed by atoms with E-state index in [0.717, 1.165) is 60.0 Å². The van der Waals surface area contributed by atoms with Crippen molar-refractivity contribution in [3.8, 4) is 0 Å². The fourth-order valence-electron chi connectivity index (χ4n) is 4.15. The Labute approximate surface area is 222 Å². The summed E-state index contributed by atoms with van der Waals surface area (Å²) >= 11 is 0. The minimum absolute atomic E-state index is 0.0485. The summed E-state index contributed by atoms with van der Waals surface area (Å²) in [5.74, 6) is -3.19. The molecule has 38 heavy (non-hydrogen) atoms. The Bertz CT molecular complexity index is 1110. The molecule has 0 radical (unpaired) electrons. The van der Waals surface area contributed by atoms with Gasteiger partial charge in [0.1, 0.15) is 5.82 Å². The molecule has 2 aromatic carbocycles. The van der Waals surface area contributed by atoms with Crippen molar-refractivity contribution in [2.45, 2.75) is 69.5 Å². The van der Waals surface area contributed by atoms with Crippen molar-refractivity contribution in [3.63, 3.8) is 0 Å². The van der Waals surface area contributed by atoms with Gasteiger partial charge in [-0.3, -0.25) is 4.79 Å². The lowest BCUT2D eigenvalue weighted by Gasteiger charge is -2.31. The number of carbonyl (C=O) groups is 1. The van der Waals surface area contributed by atoms with Gasteiger partial charge in [0, 0.05) is 19.1 Å². The number of alkyl halides is 3. The molecule has 2 N–H and O–H groups in total. The minimum atomic E-state index is -4.55. The molecule has 0 aliphatic carbocycles.